The summed E-state index contributed by atoms with van der Waals surface area (Å²) in [6.07, 6.45) is 6.47. The lowest BCUT2D eigenvalue weighted by molar-refractivity contribution is 0.461. The van der Waals surface area contributed by atoms with Crippen LogP contribution in [0.1, 0.15) is 18.4 Å². The highest BCUT2D eigenvalue weighted by molar-refractivity contribution is 7.98. The quantitative estimate of drug-likeness (QED) is 0.818. The molecule has 3 nitrogen and oxygen atoms in total. The first kappa shape index (κ1) is 13.5. The summed E-state index contributed by atoms with van der Waals surface area (Å²) in [5.41, 5.74) is 1.21. The Kier molecular flexibility index (Phi) is 4.23. The summed E-state index contributed by atoms with van der Waals surface area (Å²) in [6.45, 7) is 0.884. The molecule has 1 aliphatic rings. The van der Waals surface area contributed by atoms with Gasteiger partial charge in [0.25, 0.3) is 0 Å². The largest absolute Gasteiger partial charge is 0.439 e. The topological polar surface area (TPSA) is 34.1 Å². The van der Waals surface area contributed by atoms with Gasteiger partial charge in [-0.05, 0) is 55.0 Å². The Hall–Kier alpha value is -1.52. The molecule has 0 radical (unpaired) electrons. The first-order chi connectivity index (χ1) is 9.83. The van der Waals surface area contributed by atoms with Gasteiger partial charge >= 0.3 is 0 Å². The van der Waals surface area contributed by atoms with Crippen molar-refractivity contribution in [2.45, 2.75) is 30.3 Å². The first-order valence-electron chi connectivity index (χ1n) is 6.84. The third-order valence-corrected chi connectivity index (χ3v) is 4.00. The zero-order chi connectivity index (χ0) is 13.8. The van der Waals surface area contributed by atoms with E-state index in [2.05, 4.69) is 28.7 Å². The molecule has 1 saturated carbocycles. The van der Waals surface area contributed by atoms with Gasteiger partial charge in [0.05, 0.1) is 0 Å². The molecule has 104 valence electrons. The van der Waals surface area contributed by atoms with Crippen LogP contribution < -0.4 is 10.1 Å². The van der Waals surface area contributed by atoms with Crippen molar-refractivity contribution in [3.8, 4) is 11.6 Å². The fourth-order valence-corrected chi connectivity index (χ4v) is 2.34. The summed E-state index contributed by atoms with van der Waals surface area (Å²) < 4.78 is 5.79. The summed E-state index contributed by atoms with van der Waals surface area (Å²) in [5.74, 6) is 1.47. The molecule has 2 aromatic rings. The minimum absolute atomic E-state index is 0.650. The third-order valence-electron chi connectivity index (χ3n) is 3.25. The van der Waals surface area contributed by atoms with Crippen molar-refractivity contribution in [2.24, 2.45) is 0 Å². The van der Waals surface area contributed by atoms with Crippen LogP contribution in [0.3, 0.4) is 0 Å². The van der Waals surface area contributed by atoms with E-state index in [1.165, 1.54) is 23.3 Å². The molecule has 20 heavy (non-hydrogen) atoms. The Morgan fingerprint density at radius 2 is 2.05 bits per heavy atom. The van der Waals surface area contributed by atoms with Gasteiger partial charge in [-0.25, -0.2) is 4.98 Å². The number of rotatable bonds is 6. The zero-order valence-electron chi connectivity index (χ0n) is 11.5. The number of hydrogen-bond acceptors (Lipinski definition) is 4. The average molecular weight is 286 g/mol. The van der Waals surface area contributed by atoms with Crippen molar-refractivity contribution in [2.75, 3.05) is 6.26 Å². The molecule has 1 heterocycles. The Balaban J connectivity index is 1.64. The lowest BCUT2D eigenvalue weighted by Crippen LogP contribution is -2.15. The van der Waals surface area contributed by atoms with E-state index < -0.39 is 0 Å². The Morgan fingerprint density at radius 1 is 1.25 bits per heavy atom. The zero-order valence-corrected chi connectivity index (χ0v) is 12.3. The molecular weight excluding hydrogens is 268 g/mol. The van der Waals surface area contributed by atoms with Gasteiger partial charge in [-0.2, -0.15) is 0 Å². The van der Waals surface area contributed by atoms with Crippen LogP contribution in [0.4, 0.5) is 0 Å². The number of benzene rings is 1. The normalized spacial score (nSPS) is 14.2. The number of ether oxygens (including phenoxy) is 1. The van der Waals surface area contributed by atoms with E-state index >= 15 is 0 Å². The van der Waals surface area contributed by atoms with Crippen LogP contribution in [0.15, 0.2) is 47.5 Å². The van der Waals surface area contributed by atoms with E-state index in [1.807, 2.05) is 24.3 Å². The number of nitrogens with one attached hydrogen (secondary N) is 1. The van der Waals surface area contributed by atoms with Crippen LogP contribution in [-0.2, 0) is 6.54 Å². The molecule has 1 fully saturated rings. The highest BCUT2D eigenvalue weighted by atomic mass is 32.2. The molecular formula is C16H18N2OS. The monoisotopic (exact) mass is 286 g/mol. The van der Waals surface area contributed by atoms with E-state index in [1.54, 1.807) is 18.0 Å². The van der Waals surface area contributed by atoms with E-state index in [9.17, 15) is 0 Å². The van der Waals surface area contributed by atoms with Crippen molar-refractivity contribution in [1.82, 2.24) is 10.3 Å². The molecule has 0 aliphatic heterocycles. The van der Waals surface area contributed by atoms with Gasteiger partial charge in [0.15, 0.2) is 0 Å². The Labute approximate surface area is 123 Å². The molecule has 0 amide bonds. The molecule has 1 aromatic heterocycles. The minimum Gasteiger partial charge on any atom is -0.439 e. The maximum Gasteiger partial charge on any atom is 0.219 e. The van der Waals surface area contributed by atoms with E-state index in [-0.39, 0.29) is 0 Å². The molecule has 0 atom stereocenters. The summed E-state index contributed by atoms with van der Waals surface area (Å²) in [5, 5.41) is 3.49. The first-order valence-corrected chi connectivity index (χ1v) is 8.06. The van der Waals surface area contributed by atoms with Gasteiger partial charge in [0.1, 0.15) is 5.75 Å². The van der Waals surface area contributed by atoms with Gasteiger partial charge < -0.3 is 10.1 Å². The average Bonchev–Trinajstić information content (AvgIpc) is 3.31. The fraction of sp³-hybridized carbons (Fsp3) is 0.312. The molecule has 0 spiro atoms. The highest BCUT2D eigenvalue weighted by Crippen LogP contribution is 2.24. The van der Waals surface area contributed by atoms with Gasteiger partial charge in [0, 0.05) is 29.7 Å². The SMILES string of the molecule is CSc1ccc(Oc2cc(CNC3CC3)ccn2)cc1. The van der Waals surface area contributed by atoms with E-state index in [0.29, 0.717) is 11.9 Å². The van der Waals surface area contributed by atoms with Crippen LogP contribution in [0.25, 0.3) is 0 Å². The second-order valence-electron chi connectivity index (χ2n) is 4.94. The van der Waals surface area contributed by atoms with E-state index in [0.717, 1.165) is 12.3 Å². The Morgan fingerprint density at radius 3 is 2.75 bits per heavy atom. The van der Waals surface area contributed by atoms with Crippen LogP contribution in [0, 0.1) is 0 Å². The molecule has 3 rings (SSSR count). The van der Waals surface area contributed by atoms with Crippen LogP contribution in [-0.4, -0.2) is 17.3 Å². The lowest BCUT2D eigenvalue weighted by atomic mass is 10.2. The molecule has 0 saturated heterocycles. The van der Waals surface area contributed by atoms with Crippen molar-refractivity contribution >= 4 is 11.8 Å². The van der Waals surface area contributed by atoms with Crippen molar-refractivity contribution in [3.63, 3.8) is 0 Å². The number of nitrogens with zero attached hydrogens (tertiary/aromatic N) is 1. The second-order valence-corrected chi connectivity index (χ2v) is 5.81. The third kappa shape index (κ3) is 3.74. The summed E-state index contributed by atoms with van der Waals surface area (Å²) in [7, 11) is 0. The van der Waals surface area contributed by atoms with Crippen LogP contribution >= 0.6 is 11.8 Å². The molecule has 1 N–H and O–H groups in total. The molecule has 1 aliphatic carbocycles. The van der Waals surface area contributed by atoms with Crippen LogP contribution in [0.2, 0.25) is 0 Å². The van der Waals surface area contributed by atoms with E-state index in [4.69, 9.17) is 4.74 Å². The number of hydrogen-bond donors (Lipinski definition) is 1. The highest BCUT2D eigenvalue weighted by Gasteiger charge is 2.19. The number of thioether (sulfide) groups is 1. The van der Waals surface area contributed by atoms with Gasteiger partial charge in [0.2, 0.25) is 5.88 Å². The number of aromatic nitrogens is 1. The summed E-state index contributed by atoms with van der Waals surface area (Å²) >= 11 is 1.72. The second kappa shape index (κ2) is 6.29. The maximum absolute atomic E-state index is 5.79. The van der Waals surface area contributed by atoms with Crippen molar-refractivity contribution < 1.29 is 4.74 Å². The molecule has 4 heteroatoms. The molecule has 0 unspecified atom stereocenters. The van der Waals surface area contributed by atoms with Crippen molar-refractivity contribution in [3.05, 3.63) is 48.2 Å². The molecule has 1 aromatic carbocycles. The number of pyridine rings is 1. The fourth-order valence-electron chi connectivity index (χ4n) is 1.93. The smallest absolute Gasteiger partial charge is 0.219 e. The summed E-state index contributed by atoms with van der Waals surface area (Å²) in [6, 6.07) is 12.8. The Bertz CT molecular complexity index is 567. The van der Waals surface area contributed by atoms with Crippen LogP contribution in [0.5, 0.6) is 11.6 Å². The van der Waals surface area contributed by atoms with Crippen molar-refractivity contribution in [1.29, 1.82) is 0 Å². The van der Waals surface area contributed by atoms with Gasteiger partial charge in [-0.1, -0.05) is 0 Å². The lowest BCUT2D eigenvalue weighted by Gasteiger charge is -2.07. The minimum atomic E-state index is 0.650. The summed E-state index contributed by atoms with van der Waals surface area (Å²) in [4.78, 5) is 5.49. The maximum atomic E-state index is 5.79. The standard InChI is InChI=1S/C16H18N2OS/c1-20-15-6-4-14(5-7-15)19-16-10-12(8-9-17-16)11-18-13-2-3-13/h4-10,13,18H,2-3,11H2,1H3. The van der Waals surface area contributed by atoms with Gasteiger partial charge in [-0.3, -0.25) is 0 Å². The predicted octanol–water partition coefficient (Wildman–Crippen LogP) is 3.85. The molecule has 0 bridgehead atoms. The van der Waals surface area contributed by atoms with Gasteiger partial charge in [-0.15, -0.1) is 11.8 Å². The predicted molar refractivity (Wildman–Crippen MR) is 82.4 cm³/mol.